The van der Waals surface area contributed by atoms with Crippen molar-refractivity contribution < 1.29 is 18.0 Å². The molecule has 0 saturated heterocycles. The predicted octanol–water partition coefficient (Wildman–Crippen LogP) is 5.94. The Morgan fingerprint density at radius 2 is 1.64 bits per heavy atom. The number of sulfonamides is 1. The van der Waals surface area contributed by atoms with Gasteiger partial charge in [0.15, 0.2) is 0 Å². The monoisotopic (exact) mass is 633 g/mol. The van der Waals surface area contributed by atoms with E-state index in [-0.39, 0.29) is 23.4 Å². The van der Waals surface area contributed by atoms with Crippen LogP contribution < -0.4 is 9.62 Å². The molecule has 0 spiro atoms. The molecule has 0 aliphatic carbocycles. The van der Waals surface area contributed by atoms with Crippen molar-refractivity contribution in [3.63, 3.8) is 0 Å². The molecule has 0 aliphatic rings. The number of benzene rings is 3. The van der Waals surface area contributed by atoms with E-state index in [0.717, 1.165) is 21.9 Å². The molecule has 3 aromatic carbocycles. The van der Waals surface area contributed by atoms with Gasteiger partial charge in [-0.15, -0.1) is 0 Å². The van der Waals surface area contributed by atoms with Crippen molar-refractivity contribution in [2.45, 2.75) is 57.6 Å². The molecule has 0 saturated carbocycles. The average Bonchev–Trinajstić information content (AvgIpc) is 2.90. The number of aryl methyl sites for hydroxylation is 1. The molecule has 0 radical (unpaired) electrons. The van der Waals surface area contributed by atoms with E-state index in [0.29, 0.717) is 15.2 Å². The highest BCUT2D eigenvalue weighted by molar-refractivity contribution is 9.10. The lowest BCUT2D eigenvalue weighted by Gasteiger charge is -2.32. The molecule has 2 amide bonds. The van der Waals surface area contributed by atoms with Gasteiger partial charge in [0.1, 0.15) is 12.6 Å². The maximum Gasteiger partial charge on any atom is 0.264 e. The summed E-state index contributed by atoms with van der Waals surface area (Å²) in [6.45, 7) is 6.95. The summed E-state index contributed by atoms with van der Waals surface area (Å²) in [6, 6.07) is 19.2. The number of rotatable bonds is 11. The zero-order valence-corrected chi connectivity index (χ0v) is 25.6. The summed E-state index contributed by atoms with van der Waals surface area (Å²) in [5, 5.41) is 3.47. The summed E-state index contributed by atoms with van der Waals surface area (Å²) in [4.78, 5) is 28.5. The van der Waals surface area contributed by atoms with Crippen molar-refractivity contribution in [1.82, 2.24) is 10.2 Å². The van der Waals surface area contributed by atoms with Crippen molar-refractivity contribution in [2.75, 3.05) is 10.8 Å². The number of amides is 2. The van der Waals surface area contributed by atoms with Gasteiger partial charge in [-0.2, -0.15) is 0 Å². The van der Waals surface area contributed by atoms with Gasteiger partial charge in [0.2, 0.25) is 11.8 Å². The molecule has 0 heterocycles. The van der Waals surface area contributed by atoms with E-state index in [1.807, 2.05) is 20.8 Å². The van der Waals surface area contributed by atoms with Crippen LogP contribution in [0, 0.1) is 6.92 Å². The van der Waals surface area contributed by atoms with Gasteiger partial charge >= 0.3 is 0 Å². The van der Waals surface area contributed by atoms with Crippen molar-refractivity contribution in [1.29, 1.82) is 0 Å². The predicted molar refractivity (Wildman–Crippen MR) is 159 cm³/mol. The Hall–Kier alpha value is -2.88. The topological polar surface area (TPSA) is 86.8 Å². The number of halogens is 2. The second kappa shape index (κ2) is 13.5. The maximum absolute atomic E-state index is 13.9. The van der Waals surface area contributed by atoms with E-state index in [1.165, 1.54) is 17.0 Å². The third-order valence-corrected chi connectivity index (χ3v) is 8.95. The van der Waals surface area contributed by atoms with E-state index in [2.05, 4.69) is 21.2 Å². The zero-order chi connectivity index (χ0) is 28.7. The summed E-state index contributed by atoms with van der Waals surface area (Å²) in [7, 11) is -4.12. The highest BCUT2D eigenvalue weighted by Gasteiger charge is 2.32. The summed E-state index contributed by atoms with van der Waals surface area (Å²) < 4.78 is 29.4. The van der Waals surface area contributed by atoms with Crippen LogP contribution in [0.15, 0.2) is 82.2 Å². The Bertz CT molecular complexity index is 1400. The molecule has 3 aromatic rings. The van der Waals surface area contributed by atoms with Crippen molar-refractivity contribution in [3.05, 3.63) is 93.4 Å². The third kappa shape index (κ3) is 8.06. The van der Waals surface area contributed by atoms with Crippen LogP contribution in [0.5, 0.6) is 0 Å². The minimum Gasteiger partial charge on any atom is -0.352 e. The smallest absolute Gasteiger partial charge is 0.264 e. The van der Waals surface area contributed by atoms with Gasteiger partial charge in [0.05, 0.1) is 10.6 Å². The first-order chi connectivity index (χ1) is 18.4. The highest BCUT2D eigenvalue weighted by atomic mass is 79.9. The zero-order valence-electron chi connectivity index (χ0n) is 22.4. The fourth-order valence-corrected chi connectivity index (χ4v) is 5.75. The van der Waals surface area contributed by atoms with Crippen LogP contribution in [0.3, 0.4) is 0 Å². The van der Waals surface area contributed by atoms with E-state index in [9.17, 15) is 18.0 Å². The lowest BCUT2D eigenvalue weighted by atomic mass is 10.1. The largest absolute Gasteiger partial charge is 0.352 e. The van der Waals surface area contributed by atoms with Crippen LogP contribution in [0.2, 0.25) is 5.02 Å². The molecule has 2 atom stereocenters. The normalized spacial score (nSPS) is 12.9. The fourth-order valence-electron chi connectivity index (χ4n) is 3.83. The number of nitrogens with one attached hydrogen (secondary N) is 1. The van der Waals surface area contributed by atoms with Gasteiger partial charge in [-0.3, -0.25) is 13.9 Å². The van der Waals surface area contributed by atoms with Crippen LogP contribution in [0.4, 0.5) is 5.69 Å². The molecule has 7 nitrogen and oxygen atoms in total. The quantitative estimate of drug-likeness (QED) is 0.283. The van der Waals surface area contributed by atoms with Gasteiger partial charge in [-0.1, -0.05) is 70.3 Å². The van der Waals surface area contributed by atoms with Crippen LogP contribution in [0.25, 0.3) is 0 Å². The van der Waals surface area contributed by atoms with Gasteiger partial charge in [0, 0.05) is 22.1 Å². The second-order valence-electron chi connectivity index (χ2n) is 9.45. The van der Waals surface area contributed by atoms with E-state index in [4.69, 9.17) is 11.6 Å². The number of anilines is 1. The lowest BCUT2D eigenvalue weighted by molar-refractivity contribution is -0.139. The van der Waals surface area contributed by atoms with Crippen LogP contribution in [-0.4, -0.2) is 43.8 Å². The Morgan fingerprint density at radius 3 is 2.23 bits per heavy atom. The number of nitrogens with zero attached hydrogens (tertiary/aromatic N) is 2. The Kier molecular flexibility index (Phi) is 10.6. The first kappa shape index (κ1) is 30.7. The number of hydrogen-bond donors (Lipinski definition) is 1. The molecule has 0 unspecified atom stereocenters. The second-order valence-corrected chi connectivity index (χ2v) is 12.7. The molecule has 39 heavy (non-hydrogen) atoms. The van der Waals surface area contributed by atoms with Gasteiger partial charge in [-0.05, 0) is 75.2 Å². The molecule has 208 valence electrons. The summed E-state index contributed by atoms with van der Waals surface area (Å²) in [5.74, 6) is -0.838. The highest BCUT2D eigenvalue weighted by Crippen LogP contribution is 2.27. The molecule has 0 aliphatic heterocycles. The van der Waals surface area contributed by atoms with Crippen molar-refractivity contribution in [2.24, 2.45) is 0 Å². The molecule has 0 fully saturated rings. The summed E-state index contributed by atoms with van der Waals surface area (Å²) in [6.07, 6.45) is 0.731. The SMILES string of the molecule is CC[C@H](C)NC(=O)[C@H](C)N(Cc1ccc(Cl)cc1)C(=O)CN(c1cccc(Br)c1)S(=O)(=O)c1ccc(C)cc1. The Labute approximate surface area is 244 Å². The molecule has 3 rings (SSSR count). The van der Waals surface area contributed by atoms with Crippen LogP contribution in [0.1, 0.15) is 38.3 Å². The van der Waals surface area contributed by atoms with E-state index < -0.39 is 28.5 Å². The van der Waals surface area contributed by atoms with Gasteiger partial charge < -0.3 is 10.2 Å². The van der Waals surface area contributed by atoms with E-state index >= 15 is 0 Å². The van der Waals surface area contributed by atoms with Crippen molar-refractivity contribution in [3.8, 4) is 0 Å². The van der Waals surface area contributed by atoms with E-state index in [1.54, 1.807) is 67.6 Å². The summed E-state index contributed by atoms with van der Waals surface area (Å²) in [5.41, 5.74) is 1.99. The number of hydrogen-bond acceptors (Lipinski definition) is 4. The molecular weight excluding hydrogens is 602 g/mol. The number of carbonyl (C=O) groups excluding carboxylic acids is 2. The average molecular weight is 635 g/mol. The standard InChI is InChI=1S/C29H33BrClN3O4S/c1-5-21(3)32-29(36)22(4)33(18-23-11-13-25(31)14-12-23)28(35)19-34(26-8-6-7-24(30)17-26)39(37,38)27-15-9-20(2)10-16-27/h6-17,21-22H,5,18-19H2,1-4H3,(H,32,36)/t21-,22-/m0/s1. The fraction of sp³-hybridized carbons (Fsp3) is 0.310. The molecule has 10 heteroatoms. The molecule has 0 bridgehead atoms. The Balaban J connectivity index is 2.02. The van der Waals surface area contributed by atoms with Crippen LogP contribution in [-0.2, 0) is 26.2 Å². The molecule has 0 aromatic heterocycles. The maximum atomic E-state index is 13.9. The molecular formula is C29H33BrClN3O4S. The number of carbonyl (C=O) groups is 2. The lowest BCUT2D eigenvalue weighted by Crippen LogP contribution is -2.52. The van der Waals surface area contributed by atoms with Gasteiger partial charge in [0.25, 0.3) is 10.0 Å². The van der Waals surface area contributed by atoms with Crippen LogP contribution >= 0.6 is 27.5 Å². The van der Waals surface area contributed by atoms with Crippen molar-refractivity contribution >= 4 is 55.1 Å². The minimum absolute atomic E-state index is 0.0627. The summed E-state index contributed by atoms with van der Waals surface area (Å²) >= 11 is 9.44. The first-order valence-electron chi connectivity index (χ1n) is 12.6. The molecule has 1 N–H and O–H groups in total. The first-order valence-corrected chi connectivity index (χ1v) is 15.2. The van der Waals surface area contributed by atoms with Gasteiger partial charge in [-0.25, -0.2) is 8.42 Å². The minimum atomic E-state index is -4.12. The third-order valence-electron chi connectivity index (χ3n) is 6.42. The Morgan fingerprint density at radius 1 is 1.00 bits per heavy atom.